The monoisotopic (exact) mass is 329 g/mol. The summed E-state index contributed by atoms with van der Waals surface area (Å²) in [5, 5.41) is 0.753. The van der Waals surface area contributed by atoms with Crippen molar-refractivity contribution in [3.63, 3.8) is 0 Å². The fourth-order valence-electron chi connectivity index (χ4n) is 3.03. The van der Waals surface area contributed by atoms with E-state index < -0.39 is 0 Å². The summed E-state index contributed by atoms with van der Waals surface area (Å²) in [4.78, 5) is 21.6. The van der Waals surface area contributed by atoms with Gasteiger partial charge in [0, 0.05) is 19.1 Å². The van der Waals surface area contributed by atoms with Gasteiger partial charge in [-0.3, -0.25) is 9.36 Å². The molecule has 0 amide bonds. The fraction of sp³-hybridized carbons (Fsp3) is 0.471. The summed E-state index contributed by atoms with van der Waals surface area (Å²) in [7, 11) is 1.59. The van der Waals surface area contributed by atoms with Gasteiger partial charge in [0.15, 0.2) is 0 Å². The predicted molar refractivity (Wildman–Crippen MR) is 88.0 cm³/mol. The van der Waals surface area contributed by atoms with E-state index in [9.17, 15) is 4.79 Å². The number of hydrogen-bond donors (Lipinski definition) is 0. The Bertz CT molecular complexity index is 987. The van der Waals surface area contributed by atoms with Gasteiger partial charge in [0.1, 0.15) is 5.52 Å². The van der Waals surface area contributed by atoms with Gasteiger partial charge in [-0.1, -0.05) is 0 Å². The maximum Gasteiger partial charge on any atom is 0.297 e. The second-order valence-electron chi connectivity index (χ2n) is 6.69. The summed E-state index contributed by atoms with van der Waals surface area (Å²) < 4.78 is 18.1. The van der Waals surface area contributed by atoms with E-state index in [0.717, 1.165) is 16.6 Å². The number of furan rings is 1. The van der Waals surface area contributed by atoms with Crippen LogP contribution in [-0.2, 0) is 29.0 Å². The number of hydrogen-bond acceptors (Lipinski definition) is 6. The molecular formula is C17H19N3O4. The second-order valence-corrected chi connectivity index (χ2v) is 6.69. The smallest absolute Gasteiger partial charge is 0.297 e. The molecule has 3 aromatic rings. The van der Waals surface area contributed by atoms with E-state index in [-0.39, 0.29) is 16.7 Å². The lowest BCUT2D eigenvalue weighted by Crippen LogP contribution is -2.32. The Hall–Kier alpha value is -2.25. The largest absolute Gasteiger partial charge is 0.430 e. The average molecular weight is 329 g/mol. The Balaban J connectivity index is 1.89. The number of fused-ring (bicyclic) bond motifs is 4. The minimum atomic E-state index is -0.245. The third-order valence-electron chi connectivity index (χ3n) is 4.35. The summed E-state index contributed by atoms with van der Waals surface area (Å²) in [6.07, 6.45) is 2.23. The molecule has 1 aliphatic rings. The summed E-state index contributed by atoms with van der Waals surface area (Å²) in [5.41, 5.74) is 2.75. The van der Waals surface area contributed by atoms with Crippen LogP contribution in [0.4, 0.5) is 0 Å². The normalized spacial score (nSPS) is 16.6. The van der Waals surface area contributed by atoms with Crippen molar-refractivity contribution >= 4 is 22.2 Å². The van der Waals surface area contributed by atoms with Crippen molar-refractivity contribution in [1.82, 2.24) is 14.5 Å². The highest BCUT2D eigenvalue weighted by molar-refractivity contribution is 6.00. The molecule has 0 aliphatic carbocycles. The van der Waals surface area contributed by atoms with Crippen molar-refractivity contribution in [2.24, 2.45) is 0 Å². The first-order valence-corrected chi connectivity index (χ1v) is 7.92. The lowest BCUT2D eigenvalue weighted by molar-refractivity contribution is -0.0411. The van der Waals surface area contributed by atoms with Crippen LogP contribution in [0, 0.1) is 0 Å². The second kappa shape index (κ2) is 5.39. The van der Waals surface area contributed by atoms with Crippen molar-refractivity contribution in [3.8, 4) is 0 Å². The van der Waals surface area contributed by atoms with Gasteiger partial charge in [0.05, 0.1) is 42.8 Å². The van der Waals surface area contributed by atoms with Crippen LogP contribution in [0.25, 0.3) is 22.2 Å². The molecule has 0 radical (unpaired) electrons. The number of ether oxygens (including phenoxy) is 2. The molecular weight excluding hydrogens is 310 g/mol. The summed E-state index contributed by atoms with van der Waals surface area (Å²) in [5.74, 6) is 0. The van der Waals surface area contributed by atoms with Crippen molar-refractivity contribution < 1.29 is 13.9 Å². The number of nitrogens with zero attached hydrogens (tertiary/aromatic N) is 3. The van der Waals surface area contributed by atoms with E-state index in [1.54, 1.807) is 7.11 Å². The number of methoxy groups -OCH3 is 1. The molecule has 0 saturated heterocycles. The Morgan fingerprint density at radius 3 is 3.04 bits per heavy atom. The van der Waals surface area contributed by atoms with Crippen molar-refractivity contribution in [1.29, 1.82) is 0 Å². The third kappa shape index (κ3) is 2.40. The average Bonchev–Trinajstić information content (AvgIpc) is 2.90. The van der Waals surface area contributed by atoms with Crippen LogP contribution in [0.3, 0.4) is 0 Å². The molecule has 0 bridgehead atoms. The molecule has 7 heteroatoms. The summed E-state index contributed by atoms with van der Waals surface area (Å²) >= 11 is 0. The highest BCUT2D eigenvalue weighted by atomic mass is 16.5. The Labute approximate surface area is 138 Å². The van der Waals surface area contributed by atoms with Gasteiger partial charge in [-0.25, -0.2) is 9.97 Å². The molecule has 3 aromatic heterocycles. The van der Waals surface area contributed by atoms with Gasteiger partial charge in [0.25, 0.3) is 5.56 Å². The van der Waals surface area contributed by atoms with Crippen LogP contribution in [0.15, 0.2) is 21.6 Å². The molecule has 0 saturated carbocycles. The van der Waals surface area contributed by atoms with Crippen LogP contribution in [-0.4, -0.2) is 33.9 Å². The molecule has 0 fully saturated rings. The topological polar surface area (TPSA) is 79.4 Å². The zero-order valence-electron chi connectivity index (χ0n) is 14.0. The Morgan fingerprint density at radius 1 is 1.42 bits per heavy atom. The van der Waals surface area contributed by atoms with E-state index in [4.69, 9.17) is 13.9 Å². The minimum absolute atomic E-state index is 0.218. The highest BCUT2D eigenvalue weighted by Crippen LogP contribution is 2.31. The first kappa shape index (κ1) is 15.3. The minimum Gasteiger partial charge on any atom is -0.430 e. The zero-order chi connectivity index (χ0) is 16.9. The first-order valence-electron chi connectivity index (χ1n) is 7.92. The summed E-state index contributed by atoms with van der Waals surface area (Å²) in [6.45, 7) is 5.45. The van der Waals surface area contributed by atoms with E-state index in [0.29, 0.717) is 37.4 Å². The van der Waals surface area contributed by atoms with Gasteiger partial charge >= 0.3 is 0 Å². The Kier molecular flexibility index (Phi) is 3.43. The van der Waals surface area contributed by atoms with Crippen LogP contribution >= 0.6 is 0 Å². The molecule has 126 valence electrons. The molecule has 0 N–H and O–H groups in total. The van der Waals surface area contributed by atoms with E-state index in [1.807, 2.05) is 19.9 Å². The van der Waals surface area contributed by atoms with Crippen molar-refractivity contribution in [3.05, 3.63) is 34.0 Å². The quantitative estimate of drug-likeness (QED) is 0.731. The maximum absolute atomic E-state index is 12.5. The van der Waals surface area contributed by atoms with E-state index >= 15 is 0 Å². The van der Waals surface area contributed by atoms with Gasteiger partial charge in [-0.05, 0) is 19.9 Å². The molecule has 0 spiro atoms. The third-order valence-corrected chi connectivity index (χ3v) is 4.35. The zero-order valence-corrected chi connectivity index (χ0v) is 14.0. The van der Waals surface area contributed by atoms with E-state index in [2.05, 4.69) is 9.97 Å². The SMILES string of the molecule is COCCn1cnc2c(oc3nc4c(cc32)COC(C)(C)C4)c1=O. The van der Waals surface area contributed by atoms with Gasteiger partial charge in [0.2, 0.25) is 11.3 Å². The van der Waals surface area contributed by atoms with Crippen molar-refractivity contribution in [2.45, 2.75) is 39.0 Å². The Morgan fingerprint density at radius 2 is 2.25 bits per heavy atom. The van der Waals surface area contributed by atoms with Crippen molar-refractivity contribution in [2.75, 3.05) is 13.7 Å². The lowest BCUT2D eigenvalue weighted by Gasteiger charge is -2.30. The molecule has 0 unspecified atom stereocenters. The number of aromatic nitrogens is 3. The van der Waals surface area contributed by atoms with E-state index in [1.165, 1.54) is 10.9 Å². The molecule has 4 rings (SSSR count). The molecule has 0 aromatic carbocycles. The highest BCUT2D eigenvalue weighted by Gasteiger charge is 2.28. The fourth-order valence-corrected chi connectivity index (χ4v) is 3.03. The molecule has 1 aliphatic heterocycles. The number of pyridine rings is 1. The molecule has 7 nitrogen and oxygen atoms in total. The molecule has 0 atom stereocenters. The van der Waals surface area contributed by atoms with Crippen LogP contribution in [0.1, 0.15) is 25.1 Å². The van der Waals surface area contributed by atoms with Crippen LogP contribution in [0.5, 0.6) is 0 Å². The van der Waals surface area contributed by atoms with Gasteiger partial charge < -0.3 is 13.9 Å². The van der Waals surface area contributed by atoms with Crippen LogP contribution in [0.2, 0.25) is 0 Å². The van der Waals surface area contributed by atoms with Crippen LogP contribution < -0.4 is 5.56 Å². The molecule has 24 heavy (non-hydrogen) atoms. The first-order chi connectivity index (χ1) is 11.5. The predicted octanol–water partition coefficient (Wildman–Crippen LogP) is 2.04. The van der Waals surface area contributed by atoms with Gasteiger partial charge in [-0.15, -0.1) is 0 Å². The molecule has 4 heterocycles. The lowest BCUT2D eigenvalue weighted by atomic mass is 9.95. The standard InChI is InChI=1S/C17H19N3O4/c1-17(2)7-12-10(8-23-17)6-11-13-14(24-15(11)19-12)16(21)20(9-18-13)4-5-22-3/h6,9H,4-5,7-8H2,1-3H3. The number of rotatable bonds is 3. The van der Waals surface area contributed by atoms with Gasteiger partial charge in [-0.2, -0.15) is 0 Å². The summed E-state index contributed by atoms with van der Waals surface area (Å²) in [6, 6.07) is 1.98. The maximum atomic E-state index is 12.5.